The van der Waals surface area contributed by atoms with E-state index in [4.69, 9.17) is 18.5 Å². The van der Waals surface area contributed by atoms with Gasteiger partial charge in [0, 0.05) is 12.8 Å². The summed E-state index contributed by atoms with van der Waals surface area (Å²) in [6, 6.07) is 0. The van der Waals surface area contributed by atoms with E-state index in [9.17, 15) is 34.4 Å². The van der Waals surface area contributed by atoms with Crippen LogP contribution in [-0.4, -0.2) is 104 Å². The zero-order valence-corrected chi connectivity index (χ0v) is 37.4. The average Bonchev–Trinajstić information content (AvgIpc) is 3.17. The fourth-order valence-corrected chi connectivity index (χ4v) is 5.70. The molecule has 0 aromatic heterocycles. The molecule has 0 saturated carbocycles. The number of rotatable bonds is 36. The SMILES string of the molecule is CC/C=C\C/C=C\C/C=C\C/C=C\CCCCC(=O)O[C@H](COC(=O)CCC[C@@H](O)[C@H](O)/C=C/C=C/C=C\C=C\[C@H](O)CCCCC)COP(=O)([O-])OCC[N+](C)(C)C. The number of carbonyl (C=O) groups is 2. The first-order valence-corrected chi connectivity index (χ1v) is 22.7. The Labute approximate surface area is 355 Å². The lowest BCUT2D eigenvalue weighted by Crippen LogP contribution is -2.37. The molecule has 0 radical (unpaired) electrons. The van der Waals surface area contributed by atoms with Crippen molar-refractivity contribution in [2.24, 2.45) is 0 Å². The Hall–Kier alpha value is -3.19. The van der Waals surface area contributed by atoms with Gasteiger partial charge in [0.1, 0.15) is 19.8 Å². The minimum Gasteiger partial charge on any atom is -0.756 e. The third-order valence-electron chi connectivity index (χ3n) is 8.45. The highest BCUT2D eigenvalue weighted by molar-refractivity contribution is 7.45. The van der Waals surface area contributed by atoms with Gasteiger partial charge in [-0.15, -0.1) is 0 Å². The molecule has 0 bridgehead atoms. The molecule has 0 fully saturated rings. The van der Waals surface area contributed by atoms with E-state index >= 15 is 0 Å². The molecule has 0 heterocycles. The summed E-state index contributed by atoms with van der Waals surface area (Å²) in [4.78, 5) is 37.5. The van der Waals surface area contributed by atoms with E-state index < -0.39 is 57.4 Å². The second-order valence-electron chi connectivity index (χ2n) is 15.2. The van der Waals surface area contributed by atoms with Gasteiger partial charge in [-0.2, -0.15) is 0 Å². The zero-order valence-electron chi connectivity index (χ0n) is 36.5. The van der Waals surface area contributed by atoms with E-state index in [1.165, 1.54) is 6.08 Å². The van der Waals surface area contributed by atoms with Gasteiger partial charge in [0.15, 0.2) is 6.10 Å². The zero-order chi connectivity index (χ0) is 44.0. The largest absolute Gasteiger partial charge is 0.756 e. The van der Waals surface area contributed by atoms with Crippen LogP contribution in [0, 0.1) is 0 Å². The number of esters is 2. The molecule has 0 aliphatic rings. The summed E-state index contributed by atoms with van der Waals surface area (Å²) >= 11 is 0. The highest BCUT2D eigenvalue weighted by atomic mass is 31.2. The summed E-state index contributed by atoms with van der Waals surface area (Å²) in [6.07, 6.45) is 36.7. The Bertz CT molecular complexity index is 1380. The van der Waals surface area contributed by atoms with Crippen LogP contribution in [0.5, 0.6) is 0 Å². The number of carbonyl (C=O) groups excluding carboxylic acids is 2. The van der Waals surface area contributed by atoms with E-state index in [-0.39, 0.29) is 32.3 Å². The van der Waals surface area contributed by atoms with Crippen LogP contribution < -0.4 is 4.89 Å². The predicted octanol–water partition coefficient (Wildman–Crippen LogP) is 8.07. The van der Waals surface area contributed by atoms with Crippen LogP contribution in [0.3, 0.4) is 0 Å². The van der Waals surface area contributed by atoms with E-state index in [0.29, 0.717) is 17.4 Å². The molecule has 5 atom stereocenters. The second kappa shape index (κ2) is 36.6. The summed E-state index contributed by atoms with van der Waals surface area (Å²) in [6.45, 7) is 3.52. The van der Waals surface area contributed by atoms with Crippen molar-refractivity contribution in [2.75, 3.05) is 47.5 Å². The topological polar surface area (TPSA) is 172 Å². The van der Waals surface area contributed by atoms with Gasteiger partial charge in [0.2, 0.25) is 0 Å². The number of phosphoric acid groups is 1. The molecule has 0 aromatic carbocycles. The Kier molecular flexibility index (Phi) is 34.7. The Morgan fingerprint density at radius 3 is 1.90 bits per heavy atom. The summed E-state index contributed by atoms with van der Waals surface area (Å²) in [5, 5.41) is 30.5. The van der Waals surface area contributed by atoms with Crippen molar-refractivity contribution in [1.29, 1.82) is 0 Å². The number of aliphatic hydroxyl groups excluding tert-OH is 3. The van der Waals surface area contributed by atoms with Crippen LogP contribution in [0.15, 0.2) is 97.2 Å². The molecule has 0 amide bonds. The minimum absolute atomic E-state index is 0.0912. The summed E-state index contributed by atoms with van der Waals surface area (Å²) in [5.41, 5.74) is 0. The van der Waals surface area contributed by atoms with Crippen LogP contribution in [0.4, 0.5) is 0 Å². The van der Waals surface area contributed by atoms with Crippen molar-refractivity contribution in [2.45, 2.75) is 135 Å². The molecule has 0 saturated heterocycles. The standard InChI is InChI=1S/C46H76NO11P/c1-6-8-10-11-12-13-14-15-16-17-18-19-20-25-29-35-46(52)58-42(40-57-59(53,54)56-38-37-47(3,4)5)39-55-45(51)36-30-34-44(50)43(49)33-28-24-22-21-23-27-32-41(48)31-26-9-7-2/h8,10,12-13,15-16,18-19,21-24,27-28,32-33,41-44,48-50H,6-7,9,11,14,17,20,25-26,29-31,34-40H2,1-5H3/b10-8-,13-12-,16-15-,19-18-,23-21-,24-22+,32-27+,33-28+/t41-,42-,43-,44-/m1/s1. The van der Waals surface area contributed by atoms with Gasteiger partial charge in [-0.1, -0.05) is 130 Å². The van der Waals surface area contributed by atoms with Gasteiger partial charge in [-0.25, -0.2) is 0 Å². The van der Waals surface area contributed by atoms with E-state index in [1.807, 2.05) is 21.1 Å². The molecular formula is C46H76NO11P. The number of allylic oxidation sites excluding steroid dienone is 14. The number of quaternary nitrogens is 1. The summed E-state index contributed by atoms with van der Waals surface area (Å²) in [5.74, 6) is -1.23. The van der Waals surface area contributed by atoms with Crippen molar-refractivity contribution >= 4 is 19.8 Å². The normalized spacial score (nSPS) is 16.2. The number of unbranched alkanes of at least 4 members (excludes halogenated alkanes) is 4. The van der Waals surface area contributed by atoms with Crippen molar-refractivity contribution in [3.8, 4) is 0 Å². The predicted molar refractivity (Wildman–Crippen MR) is 235 cm³/mol. The van der Waals surface area contributed by atoms with Gasteiger partial charge >= 0.3 is 11.9 Å². The summed E-state index contributed by atoms with van der Waals surface area (Å²) < 4.78 is 33.5. The highest BCUT2D eigenvalue weighted by Gasteiger charge is 2.22. The van der Waals surface area contributed by atoms with Crippen molar-refractivity contribution in [3.63, 3.8) is 0 Å². The molecule has 0 aliphatic carbocycles. The van der Waals surface area contributed by atoms with Crippen LogP contribution in [0.2, 0.25) is 0 Å². The first-order chi connectivity index (χ1) is 28.2. The van der Waals surface area contributed by atoms with Gasteiger partial charge in [-0.3, -0.25) is 14.2 Å². The van der Waals surface area contributed by atoms with Gasteiger partial charge in [0.05, 0.1) is 46.1 Å². The van der Waals surface area contributed by atoms with Gasteiger partial charge in [-0.05, 0) is 64.2 Å². The van der Waals surface area contributed by atoms with Crippen LogP contribution in [0.25, 0.3) is 0 Å². The molecular weight excluding hydrogens is 773 g/mol. The number of ether oxygens (including phenoxy) is 2. The monoisotopic (exact) mass is 850 g/mol. The fraction of sp³-hybridized carbons (Fsp3) is 0.609. The molecule has 13 heteroatoms. The maximum absolute atomic E-state index is 12.7. The first kappa shape index (κ1) is 55.8. The Morgan fingerprint density at radius 2 is 1.27 bits per heavy atom. The number of aliphatic hydroxyl groups is 3. The lowest BCUT2D eigenvalue weighted by molar-refractivity contribution is -0.870. The highest BCUT2D eigenvalue weighted by Crippen LogP contribution is 2.38. The molecule has 0 aromatic rings. The minimum atomic E-state index is -4.73. The molecule has 0 rings (SSSR count). The number of hydrogen-bond donors (Lipinski definition) is 3. The molecule has 12 nitrogen and oxygen atoms in total. The first-order valence-electron chi connectivity index (χ1n) is 21.3. The maximum atomic E-state index is 12.7. The van der Waals surface area contributed by atoms with Crippen molar-refractivity contribution in [1.82, 2.24) is 0 Å². The van der Waals surface area contributed by atoms with Crippen molar-refractivity contribution < 1.29 is 57.4 Å². The van der Waals surface area contributed by atoms with Gasteiger partial charge < -0.3 is 43.2 Å². The number of nitrogens with zero attached hydrogens (tertiary/aromatic N) is 1. The smallest absolute Gasteiger partial charge is 0.306 e. The maximum Gasteiger partial charge on any atom is 0.306 e. The molecule has 3 N–H and O–H groups in total. The van der Waals surface area contributed by atoms with Crippen LogP contribution >= 0.6 is 7.82 Å². The third-order valence-corrected chi connectivity index (χ3v) is 9.42. The lowest BCUT2D eigenvalue weighted by Gasteiger charge is -2.28. The molecule has 336 valence electrons. The average molecular weight is 850 g/mol. The van der Waals surface area contributed by atoms with Crippen LogP contribution in [0.1, 0.15) is 110 Å². The summed E-state index contributed by atoms with van der Waals surface area (Å²) in [7, 11) is 0.928. The third kappa shape index (κ3) is 38.7. The Morgan fingerprint density at radius 1 is 0.678 bits per heavy atom. The molecule has 0 spiro atoms. The van der Waals surface area contributed by atoms with Crippen molar-refractivity contribution in [3.05, 3.63) is 97.2 Å². The fourth-order valence-electron chi connectivity index (χ4n) is 4.97. The van der Waals surface area contributed by atoms with Crippen LogP contribution in [-0.2, 0) is 32.7 Å². The van der Waals surface area contributed by atoms with E-state index in [0.717, 1.165) is 64.2 Å². The van der Waals surface area contributed by atoms with Gasteiger partial charge in [0.25, 0.3) is 7.82 Å². The Balaban J connectivity index is 4.80. The molecule has 1 unspecified atom stereocenters. The molecule has 0 aliphatic heterocycles. The number of likely N-dealkylation sites (N-methyl/N-ethyl adjacent to an activating group) is 1. The lowest BCUT2D eigenvalue weighted by atomic mass is 10.1. The second-order valence-corrected chi connectivity index (χ2v) is 16.6. The van der Waals surface area contributed by atoms with E-state index in [1.54, 1.807) is 42.5 Å². The number of hydrogen-bond acceptors (Lipinski definition) is 11. The van der Waals surface area contributed by atoms with E-state index in [2.05, 4.69) is 62.5 Å². The quantitative estimate of drug-likeness (QED) is 0.0139. The molecule has 59 heavy (non-hydrogen) atoms. The number of phosphoric ester groups is 1.